The molecule has 1 atom stereocenters. The normalized spacial score (nSPS) is 12.5. The quantitative estimate of drug-likeness (QED) is 0.865. The topological polar surface area (TPSA) is 59.9 Å². The zero-order chi connectivity index (χ0) is 11.3. The molecular formula is C8H12Cl2N4O. The number of nitrogens with one attached hydrogen (secondary N) is 1. The summed E-state index contributed by atoms with van der Waals surface area (Å²) in [6, 6.07) is 0. The second-order valence-corrected chi connectivity index (χ2v) is 3.81. The van der Waals surface area contributed by atoms with Crippen molar-refractivity contribution in [2.45, 2.75) is 6.92 Å². The molecule has 84 valence electrons. The summed E-state index contributed by atoms with van der Waals surface area (Å²) in [5.74, 6) is 0.729. The molecule has 0 amide bonds. The summed E-state index contributed by atoms with van der Waals surface area (Å²) in [5.41, 5.74) is 0. The van der Waals surface area contributed by atoms with Crippen LogP contribution in [0.1, 0.15) is 6.92 Å². The van der Waals surface area contributed by atoms with Crippen LogP contribution in [0.3, 0.4) is 0 Å². The average molecular weight is 251 g/mol. The summed E-state index contributed by atoms with van der Waals surface area (Å²) in [6.45, 7) is 3.39. The molecule has 0 aromatic carbocycles. The zero-order valence-corrected chi connectivity index (χ0v) is 10.0. The van der Waals surface area contributed by atoms with Gasteiger partial charge in [-0.1, -0.05) is 6.92 Å². The molecule has 0 radical (unpaired) electrons. The minimum atomic E-state index is 0.0805. The Morgan fingerprint density at radius 3 is 2.40 bits per heavy atom. The highest BCUT2D eigenvalue weighted by molar-refractivity contribution is 6.31. The Morgan fingerprint density at radius 2 is 1.87 bits per heavy atom. The van der Waals surface area contributed by atoms with Crippen molar-refractivity contribution in [3.05, 3.63) is 10.6 Å². The molecule has 0 aliphatic heterocycles. The molecule has 15 heavy (non-hydrogen) atoms. The van der Waals surface area contributed by atoms with E-state index in [0.29, 0.717) is 25.0 Å². The van der Waals surface area contributed by atoms with Gasteiger partial charge in [0.15, 0.2) is 0 Å². The van der Waals surface area contributed by atoms with Gasteiger partial charge in [0, 0.05) is 13.7 Å². The fraction of sp³-hybridized carbons (Fsp3) is 0.625. The average Bonchev–Trinajstić information content (AvgIpc) is 2.14. The minimum Gasteiger partial charge on any atom is -0.384 e. The van der Waals surface area contributed by atoms with E-state index in [-0.39, 0.29) is 10.6 Å². The zero-order valence-electron chi connectivity index (χ0n) is 8.50. The third-order valence-electron chi connectivity index (χ3n) is 1.64. The third kappa shape index (κ3) is 4.59. The van der Waals surface area contributed by atoms with E-state index in [0.717, 1.165) is 0 Å². The van der Waals surface area contributed by atoms with Gasteiger partial charge in [0.05, 0.1) is 6.61 Å². The lowest BCUT2D eigenvalue weighted by atomic mass is 10.2. The predicted molar refractivity (Wildman–Crippen MR) is 59.4 cm³/mol. The van der Waals surface area contributed by atoms with Gasteiger partial charge in [0.2, 0.25) is 16.5 Å². The van der Waals surface area contributed by atoms with E-state index in [1.54, 1.807) is 7.11 Å². The molecule has 0 fully saturated rings. The molecular weight excluding hydrogens is 239 g/mol. The number of hydrogen-bond donors (Lipinski definition) is 1. The summed E-state index contributed by atoms with van der Waals surface area (Å²) in [6.07, 6.45) is 0. The Kier molecular flexibility index (Phi) is 5.01. The molecule has 0 aliphatic rings. The first-order valence-corrected chi connectivity index (χ1v) is 5.17. The van der Waals surface area contributed by atoms with E-state index in [1.165, 1.54) is 0 Å². The molecule has 5 nitrogen and oxygen atoms in total. The number of hydrogen-bond acceptors (Lipinski definition) is 5. The van der Waals surface area contributed by atoms with Gasteiger partial charge < -0.3 is 10.1 Å². The van der Waals surface area contributed by atoms with Crippen molar-refractivity contribution in [1.82, 2.24) is 15.0 Å². The van der Waals surface area contributed by atoms with Gasteiger partial charge in [0.1, 0.15) is 0 Å². The maximum absolute atomic E-state index is 5.62. The van der Waals surface area contributed by atoms with Crippen molar-refractivity contribution in [3.63, 3.8) is 0 Å². The molecule has 0 saturated carbocycles. The largest absolute Gasteiger partial charge is 0.384 e. The molecule has 1 rings (SSSR count). The molecule has 1 aromatic rings. The maximum atomic E-state index is 5.62. The maximum Gasteiger partial charge on any atom is 0.228 e. The van der Waals surface area contributed by atoms with Crippen LogP contribution >= 0.6 is 23.2 Å². The Balaban J connectivity index is 2.50. The van der Waals surface area contributed by atoms with Crippen LogP contribution in [-0.4, -0.2) is 35.2 Å². The van der Waals surface area contributed by atoms with Gasteiger partial charge in [-0.3, -0.25) is 0 Å². The number of aromatic nitrogens is 3. The van der Waals surface area contributed by atoms with Crippen LogP contribution in [0.25, 0.3) is 0 Å². The molecule has 1 aromatic heterocycles. The Morgan fingerprint density at radius 1 is 1.27 bits per heavy atom. The fourth-order valence-electron chi connectivity index (χ4n) is 1.01. The van der Waals surface area contributed by atoms with Crippen molar-refractivity contribution in [3.8, 4) is 0 Å². The standard InChI is InChI=1S/C8H12Cl2N4O/c1-5(4-15-2)3-11-8-13-6(9)12-7(10)14-8/h5H,3-4H2,1-2H3,(H,11,12,13,14). The molecule has 7 heteroatoms. The molecule has 0 saturated heterocycles. The lowest BCUT2D eigenvalue weighted by Gasteiger charge is -2.11. The van der Waals surface area contributed by atoms with Crippen LogP contribution in [0.15, 0.2) is 0 Å². The first-order chi connectivity index (χ1) is 7.11. The van der Waals surface area contributed by atoms with E-state index in [4.69, 9.17) is 27.9 Å². The second kappa shape index (κ2) is 6.05. The summed E-state index contributed by atoms with van der Waals surface area (Å²) < 4.78 is 4.99. The highest BCUT2D eigenvalue weighted by atomic mass is 35.5. The number of halogens is 2. The Labute approximate surface area is 98.2 Å². The number of nitrogens with zero attached hydrogens (tertiary/aromatic N) is 3. The van der Waals surface area contributed by atoms with E-state index in [9.17, 15) is 0 Å². The molecule has 1 N–H and O–H groups in total. The van der Waals surface area contributed by atoms with Crippen molar-refractivity contribution in [2.24, 2.45) is 5.92 Å². The van der Waals surface area contributed by atoms with E-state index in [1.807, 2.05) is 6.92 Å². The number of ether oxygens (including phenoxy) is 1. The van der Waals surface area contributed by atoms with Gasteiger partial charge >= 0.3 is 0 Å². The summed E-state index contributed by atoms with van der Waals surface area (Å²) in [7, 11) is 1.66. The van der Waals surface area contributed by atoms with Crippen LogP contribution in [0.4, 0.5) is 5.95 Å². The summed E-state index contributed by atoms with van der Waals surface area (Å²) >= 11 is 11.2. The highest BCUT2D eigenvalue weighted by Crippen LogP contribution is 2.09. The van der Waals surface area contributed by atoms with Crippen molar-refractivity contribution in [1.29, 1.82) is 0 Å². The summed E-state index contributed by atoms with van der Waals surface area (Å²) in [5, 5.41) is 3.16. The van der Waals surface area contributed by atoms with Gasteiger partial charge in [-0.15, -0.1) is 0 Å². The third-order valence-corrected chi connectivity index (χ3v) is 1.98. The van der Waals surface area contributed by atoms with E-state index >= 15 is 0 Å². The van der Waals surface area contributed by atoms with E-state index in [2.05, 4.69) is 20.3 Å². The lowest BCUT2D eigenvalue weighted by molar-refractivity contribution is 0.164. The minimum absolute atomic E-state index is 0.0805. The van der Waals surface area contributed by atoms with Gasteiger partial charge in [-0.05, 0) is 29.1 Å². The van der Waals surface area contributed by atoms with Crippen molar-refractivity contribution >= 4 is 29.2 Å². The van der Waals surface area contributed by atoms with Crippen LogP contribution in [0, 0.1) is 5.92 Å². The van der Waals surface area contributed by atoms with Gasteiger partial charge in [-0.25, -0.2) is 0 Å². The Bertz CT molecular complexity index is 303. The van der Waals surface area contributed by atoms with Crippen LogP contribution in [0.2, 0.25) is 10.6 Å². The first kappa shape index (κ1) is 12.4. The van der Waals surface area contributed by atoms with Crippen molar-refractivity contribution < 1.29 is 4.74 Å². The second-order valence-electron chi connectivity index (χ2n) is 3.14. The first-order valence-electron chi connectivity index (χ1n) is 4.41. The smallest absolute Gasteiger partial charge is 0.228 e. The highest BCUT2D eigenvalue weighted by Gasteiger charge is 2.05. The van der Waals surface area contributed by atoms with Gasteiger partial charge in [-0.2, -0.15) is 15.0 Å². The Hall–Kier alpha value is -0.650. The van der Waals surface area contributed by atoms with Crippen LogP contribution in [0.5, 0.6) is 0 Å². The SMILES string of the molecule is COCC(C)CNc1nc(Cl)nc(Cl)n1. The number of anilines is 1. The van der Waals surface area contributed by atoms with Crippen molar-refractivity contribution in [2.75, 3.05) is 25.6 Å². The monoisotopic (exact) mass is 250 g/mol. The molecule has 1 heterocycles. The van der Waals surface area contributed by atoms with E-state index < -0.39 is 0 Å². The molecule has 0 spiro atoms. The number of rotatable bonds is 5. The fourth-order valence-corrected chi connectivity index (χ4v) is 1.38. The number of methoxy groups -OCH3 is 1. The van der Waals surface area contributed by atoms with Crippen LogP contribution in [-0.2, 0) is 4.74 Å². The van der Waals surface area contributed by atoms with Gasteiger partial charge in [0.25, 0.3) is 0 Å². The molecule has 0 bridgehead atoms. The predicted octanol–water partition coefficient (Wildman–Crippen LogP) is 1.87. The summed E-state index contributed by atoms with van der Waals surface area (Å²) in [4.78, 5) is 11.4. The molecule has 0 aliphatic carbocycles. The lowest BCUT2D eigenvalue weighted by Crippen LogP contribution is -2.17. The van der Waals surface area contributed by atoms with Crippen LogP contribution < -0.4 is 5.32 Å². The molecule has 1 unspecified atom stereocenters.